The number of aliphatic imine (C=N–C) groups is 1. The van der Waals surface area contributed by atoms with Crippen LogP contribution in [0.4, 0.5) is 0 Å². The molecule has 28 heavy (non-hydrogen) atoms. The lowest BCUT2D eigenvalue weighted by Gasteiger charge is -2.13. The second kappa shape index (κ2) is 9.75. The standard InChI is InChI=1S/C20H23ClN6O/c1-22-20(23-11-10-15-8-9-17(28-2)12-18(15)21)24-13-19-26-25-14-27(19)16-6-4-3-5-7-16/h3-9,12,14H,10-11,13H2,1-2H3,(H2,22,23,24). The highest BCUT2D eigenvalue weighted by Crippen LogP contribution is 2.22. The minimum atomic E-state index is 0.498. The normalized spacial score (nSPS) is 11.3. The van der Waals surface area contributed by atoms with E-state index in [-0.39, 0.29) is 0 Å². The maximum atomic E-state index is 6.29. The van der Waals surface area contributed by atoms with Gasteiger partial charge in [-0.3, -0.25) is 9.56 Å². The number of halogens is 1. The Bertz CT molecular complexity index is 925. The summed E-state index contributed by atoms with van der Waals surface area (Å²) >= 11 is 6.29. The van der Waals surface area contributed by atoms with Crippen molar-refractivity contribution >= 4 is 17.6 Å². The predicted octanol–water partition coefficient (Wildman–Crippen LogP) is 2.84. The van der Waals surface area contributed by atoms with E-state index in [1.54, 1.807) is 20.5 Å². The van der Waals surface area contributed by atoms with E-state index in [0.717, 1.165) is 29.2 Å². The lowest BCUT2D eigenvalue weighted by Crippen LogP contribution is -2.38. The third-order valence-corrected chi connectivity index (χ3v) is 4.59. The fourth-order valence-electron chi connectivity index (χ4n) is 2.74. The molecule has 0 aliphatic carbocycles. The van der Waals surface area contributed by atoms with Crippen LogP contribution in [-0.2, 0) is 13.0 Å². The van der Waals surface area contributed by atoms with Crippen LogP contribution in [0.5, 0.6) is 5.75 Å². The van der Waals surface area contributed by atoms with Gasteiger partial charge >= 0.3 is 0 Å². The van der Waals surface area contributed by atoms with Gasteiger partial charge in [0.25, 0.3) is 0 Å². The first-order valence-electron chi connectivity index (χ1n) is 8.92. The summed E-state index contributed by atoms with van der Waals surface area (Å²) in [6.07, 6.45) is 2.47. The molecule has 3 aromatic rings. The fraction of sp³-hybridized carbons (Fsp3) is 0.250. The van der Waals surface area contributed by atoms with Gasteiger partial charge in [0, 0.05) is 24.3 Å². The quantitative estimate of drug-likeness (QED) is 0.472. The number of nitrogens with one attached hydrogen (secondary N) is 2. The monoisotopic (exact) mass is 398 g/mol. The van der Waals surface area contributed by atoms with Crippen molar-refractivity contribution in [3.8, 4) is 11.4 Å². The van der Waals surface area contributed by atoms with Gasteiger partial charge in [0.1, 0.15) is 12.1 Å². The van der Waals surface area contributed by atoms with Crippen molar-refractivity contribution in [3.05, 3.63) is 71.3 Å². The van der Waals surface area contributed by atoms with Gasteiger partial charge in [-0.05, 0) is 36.2 Å². The van der Waals surface area contributed by atoms with Gasteiger partial charge in [-0.15, -0.1) is 10.2 Å². The average molecular weight is 399 g/mol. The molecule has 2 N–H and O–H groups in total. The zero-order chi connectivity index (χ0) is 19.8. The van der Waals surface area contributed by atoms with Crippen molar-refractivity contribution < 1.29 is 4.74 Å². The molecule has 0 spiro atoms. The third kappa shape index (κ3) is 5.01. The van der Waals surface area contributed by atoms with Gasteiger partial charge in [-0.2, -0.15) is 0 Å². The molecule has 0 aliphatic rings. The number of ether oxygens (including phenoxy) is 1. The molecular weight excluding hydrogens is 376 g/mol. The van der Waals surface area contributed by atoms with Gasteiger partial charge in [-0.25, -0.2) is 0 Å². The molecule has 0 fully saturated rings. The molecule has 0 aliphatic heterocycles. The van der Waals surface area contributed by atoms with Gasteiger partial charge in [0.15, 0.2) is 11.8 Å². The fourth-order valence-corrected chi connectivity index (χ4v) is 3.01. The smallest absolute Gasteiger partial charge is 0.191 e. The van der Waals surface area contributed by atoms with Gasteiger partial charge in [0.2, 0.25) is 0 Å². The van der Waals surface area contributed by atoms with Crippen LogP contribution in [0.3, 0.4) is 0 Å². The molecule has 1 aromatic heterocycles. The maximum absolute atomic E-state index is 6.29. The van der Waals surface area contributed by atoms with Gasteiger partial charge < -0.3 is 15.4 Å². The van der Waals surface area contributed by atoms with Crippen molar-refractivity contribution in [1.82, 2.24) is 25.4 Å². The first-order valence-corrected chi connectivity index (χ1v) is 9.30. The van der Waals surface area contributed by atoms with E-state index in [0.29, 0.717) is 24.1 Å². The second-order valence-corrected chi connectivity index (χ2v) is 6.42. The minimum Gasteiger partial charge on any atom is -0.497 e. The van der Waals surface area contributed by atoms with Crippen LogP contribution < -0.4 is 15.4 Å². The van der Waals surface area contributed by atoms with Crippen molar-refractivity contribution in [2.45, 2.75) is 13.0 Å². The summed E-state index contributed by atoms with van der Waals surface area (Å²) in [4.78, 5) is 4.25. The molecule has 0 amide bonds. The summed E-state index contributed by atoms with van der Waals surface area (Å²) < 4.78 is 7.12. The summed E-state index contributed by atoms with van der Waals surface area (Å²) in [7, 11) is 3.36. The number of methoxy groups -OCH3 is 1. The summed E-state index contributed by atoms with van der Waals surface area (Å²) in [6.45, 7) is 1.19. The lowest BCUT2D eigenvalue weighted by molar-refractivity contribution is 0.414. The predicted molar refractivity (Wildman–Crippen MR) is 111 cm³/mol. The van der Waals surface area contributed by atoms with Crippen molar-refractivity contribution in [3.63, 3.8) is 0 Å². The number of hydrogen-bond donors (Lipinski definition) is 2. The minimum absolute atomic E-state index is 0.498. The molecule has 2 aromatic carbocycles. The average Bonchev–Trinajstić information content (AvgIpc) is 3.20. The molecule has 0 unspecified atom stereocenters. The van der Waals surface area contributed by atoms with Crippen LogP contribution in [0.25, 0.3) is 5.69 Å². The molecule has 146 valence electrons. The molecule has 0 bridgehead atoms. The number of guanidine groups is 1. The number of nitrogens with zero attached hydrogens (tertiary/aromatic N) is 4. The summed E-state index contributed by atoms with van der Waals surface area (Å²) in [5.74, 6) is 2.24. The number of hydrogen-bond acceptors (Lipinski definition) is 4. The van der Waals surface area contributed by atoms with Crippen molar-refractivity contribution in [2.24, 2.45) is 4.99 Å². The Morgan fingerprint density at radius 3 is 2.71 bits per heavy atom. The van der Waals surface area contributed by atoms with Crippen LogP contribution in [0.1, 0.15) is 11.4 Å². The first kappa shape index (κ1) is 19.7. The first-order chi connectivity index (χ1) is 13.7. The topological polar surface area (TPSA) is 76.4 Å². The molecule has 8 heteroatoms. The molecule has 0 atom stereocenters. The van der Waals surface area contributed by atoms with Gasteiger partial charge in [-0.1, -0.05) is 35.9 Å². The van der Waals surface area contributed by atoms with E-state index >= 15 is 0 Å². The highest BCUT2D eigenvalue weighted by molar-refractivity contribution is 6.31. The van der Waals surface area contributed by atoms with E-state index in [1.807, 2.05) is 53.1 Å². The highest BCUT2D eigenvalue weighted by Gasteiger charge is 2.08. The molecule has 0 radical (unpaired) electrons. The highest BCUT2D eigenvalue weighted by atomic mass is 35.5. The Balaban J connectivity index is 1.53. The largest absolute Gasteiger partial charge is 0.497 e. The number of para-hydroxylation sites is 1. The van der Waals surface area contributed by atoms with E-state index < -0.39 is 0 Å². The summed E-state index contributed by atoms with van der Waals surface area (Å²) in [6, 6.07) is 15.7. The molecule has 0 saturated carbocycles. The lowest BCUT2D eigenvalue weighted by atomic mass is 10.1. The zero-order valence-corrected chi connectivity index (χ0v) is 16.6. The Morgan fingerprint density at radius 2 is 2.00 bits per heavy atom. The molecule has 3 rings (SSSR count). The van der Waals surface area contributed by atoms with E-state index in [1.165, 1.54) is 0 Å². The molecule has 0 saturated heterocycles. The van der Waals surface area contributed by atoms with Crippen molar-refractivity contribution in [2.75, 3.05) is 20.7 Å². The summed E-state index contributed by atoms with van der Waals surface area (Å²) in [5, 5.41) is 15.5. The molecular formula is C20H23ClN6O. The van der Waals surface area contributed by atoms with Crippen LogP contribution >= 0.6 is 11.6 Å². The SMILES string of the molecule is CN=C(NCCc1ccc(OC)cc1Cl)NCc1nncn1-c1ccccc1. The molecule has 7 nitrogen and oxygen atoms in total. The van der Waals surface area contributed by atoms with E-state index in [4.69, 9.17) is 16.3 Å². The number of benzene rings is 2. The van der Waals surface area contributed by atoms with Crippen molar-refractivity contribution in [1.29, 1.82) is 0 Å². The Labute approximate surface area is 169 Å². The van der Waals surface area contributed by atoms with Crippen LogP contribution in [0.2, 0.25) is 5.02 Å². The van der Waals surface area contributed by atoms with E-state index in [2.05, 4.69) is 25.8 Å². The van der Waals surface area contributed by atoms with Crippen LogP contribution in [-0.4, -0.2) is 41.4 Å². The number of rotatable bonds is 7. The van der Waals surface area contributed by atoms with Gasteiger partial charge in [0.05, 0.1) is 13.7 Å². The summed E-state index contributed by atoms with van der Waals surface area (Å²) in [5.41, 5.74) is 2.07. The van der Waals surface area contributed by atoms with E-state index in [9.17, 15) is 0 Å². The van der Waals surface area contributed by atoms with Crippen LogP contribution in [0.15, 0.2) is 59.9 Å². The maximum Gasteiger partial charge on any atom is 0.191 e. The van der Waals surface area contributed by atoms with Crippen LogP contribution in [0, 0.1) is 0 Å². The second-order valence-electron chi connectivity index (χ2n) is 6.01. The third-order valence-electron chi connectivity index (χ3n) is 4.24. The molecule has 1 heterocycles. The number of aromatic nitrogens is 3. The Morgan fingerprint density at radius 1 is 1.18 bits per heavy atom. The Hall–Kier alpha value is -3.06. The zero-order valence-electron chi connectivity index (χ0n) is 15.9. The Kier molecular flexibility index (Phi) is 6.86.